The van der Waals surface area contributed by atoms with Gasteiger partial charge in [-0.05, 0) is 55.7 Å². The summed E-state index contributed by atoms with van der Waals surface area (Å²) in [6.07, 6.45) is 3.33. The van der Waals surface area contributed by atoms with Gasteiger partial charge in [-0.1, -0.05) is 6.92 Å². The first-order valence-electron chi connectivity index (χ1n) is 7.47. The maximum Gasteiger partial charge on any atom is 0.251 e. The number of rotatable bonds is 6. The van der Waals surface area contributed by atoms with Crippen LogP contribution >= 0.6 is 11.3 Å². The number of carbonyl (C=O) groups excluding carboxylic acids is 1. The van der Waals surface area contributed by atoms with Crippen LogP contribution in [0.4, 0.5) is 5.69 Å². The molecule has 0 spiro atoms. The van der Waals surface area contributed by atoms with Crippen LogP contribution in [0, 0.1) is 0 Å². The second-order valence-corrected chi connectivity index (χ2v) is 6.65. The Labute approximate surface area is 129 Å². The van der Waals surface area contributed by atoms with Crippen molar-refractivity contribution in [2.24, 2.45) is 0 Å². The van der Waals surface area contributed by atoms with Gasteiger partial charge in [-0.25, -0.2) is 0 Å². The van der Waals surface area contributed by atoms with Crippen LogP contribution in [0.3, 0.4) is 0 Å². The minimum atomic E-state index is 0.0369. The molecule has 110 valence electrons. The minimum Gasteiger partial charge on any atom is -0.380 e. The zero-order valence-corrected chi connectivity index (χ0v) is 13.0. The molecule has 2 N–H and O–H groups in total. The largest absolute Gasteiger partial charge is 0.380 e. The number of benzene rings is 1. The fourth-order valence-electron chi connectivity index (χ4n) is 2.13. The lowest BCUT2D eigenvalue weighted by Gasteiger charge is -2.07. The summed E-state index contributed by atoms with van der Waals surface area (Å²) in [7, 11) is 0. The zero-order chi connectivity index (χ0) is 14.7. The first-order chi connectivity index (χ1) is 10.2. The quantitative estimate of drug-likeness (QED) is 0.851. The molecule has 4 heteroatoms. The standard InChI is InChI=1S/C17H20N2OS/c1-2-15-9-10-16(21-15)11-18-13-5-3-12(4-6-13)17(20)19-14-7-8-14/h3-6,9-10,14,18H,2,7-8,11H2,1H3,(H,19,20). The van der Waals surface area contributed by atoms with Crippen molar-refractivity contribution in [3.05, 3.63) is 51.7 Å². The summed E-state index contributed by atoms with van der Waals surface area (Å²) in [5.41, 5.74) is 1.78. The van der Waals surface area contributed by atoms with E-state index >= 15 is 0 Å². The van der Waals surface area contributed by atoms with Crippen LogP contribution in [-0.2, 0) is 13.0 Å². The van der Waals surface area contributed by atoms with E-state index in [4.69, 9.17) is 0 Å². The van der Waals surface area contributed by atoms with Gasteiger partial charge in [0.15, 0.2) is 0 Å². The highest BCUT2D eigenvalue weighted by Crippen LogP contribution is 2.20. The number of anilines is 1. The minimum absolute atomic E-state index is 0.0369. The second-order valence-electron chi connectivity index (χ2n) is 5.40. The molecule has 1 heterocycles. The van der Waals surface area contributed by atoms with E-state index < -0.39 is 0 Å². The summed E-state index contributed by atoms with van der Waals surface area (Å²) in [5, 5.41) is 6.40. The molecule has 3 nitrogen and oxygen atoms in total. The Hall–Kier alpha value is -1.81. The van der Waals surface area contributed by atoms with Gasteiger partial charge >= 0.3 is 0 Å². The molecule has 0 atom stereocenters. The number of hydrogen-bond acceptors (Lipinski definition) is 3. The molecule has 1 aromatic carbocycles. The van der Waals surface area contributed by atoms with Crippen molar-refractivity contribution in [3.63, 3.8) is 0 Å². The van der Waals surface area contributed by atoms with Crippen molar-refractivity contribution in [2.45, 2.75) is 38.8 Å². The SMILES string of the molecule is CCc1ccc(CNc2ccc(C(=O)NC3CC3)cc2)s1. The van der Waals surface area contributed by atoms with Gasteiger partial charge in [0.25, 0.3) is 5.91 Å². The second kappa shape index (κ2) is 6.31. The lowest BCUT2D eigenvalue weighted by atomic mass is 10.2. The summed E-state index contributed by atoms with van der Waals surface area (Å²) in [5.74, 6) is 0.0369. The van der Waals surface area contributed by atoms with E-state index in [1.165, 1.54) is 9.75 Å². The highest BCUT2D eigenvalue weighted by Gasteiger charge is 2.23. The molecule has 2 aromatic rings. The summed E-state index contributed by atoms with van der Waals surface area (Å²) in [4.78, 5) is 14.6. The maximum atomic E-state index is 11.9. The van der Waals surface area contributed by atoms with Crippen LogP contribution in [0.25, 0.3) is 0 Å². The van der Waals surface area contributed by atoms with Crippen molar-refractivity contribution in [1.29, 1.82) is 0 Å². The number of nitrogens with one attached hydrogen (secondary N) is 2. The van der Waals surface area contributed by atoms with Crippen LogP contribution in [0.2, 0.25) is 0 Å². The van der Waals surface area contributed by atoms with E-state index in [2.05, 4.69) is 29.7 Å². The van der Waals surface area contributed by atoms with E-state index in [1.807, 2.05) is 35.6 Å². The molecule has 0 radical (unpaired) electrons. The van der Waals surface area contributed by atoms with Gasteiger partial charge < -0.3 is 10.6 Å². The highest BCUT2D eigenvalue weighted by molar-refractivity contribution is 7.12. The Balaban J connectivity index is 1.54. The van der Waals surface area contributed by atoms with Crippen molar-refractivity contribution in [2.75, 3.05) is 5.32 Å². The van der Waals surface area contributed by atoms with E-state index in [9.17, 15) is 4.79 Å². The Kier molecular flexibility index (Phi) is 4.25. The summed E-state index contributed by atoms with van der Waals surface area (Å²) >= 11 is 1.85. The zero-order valence-electron chi connectivity index (χ0n) is 12.2. The van der Waals surface area contributed by atoms with Crippen molar-refractivity contribution in [3.8, 4) is 0 Å². The molecular weight excluding hydrogens is 280 g/mol. The van der Waals surface area contributed by atoms with E-state index in [-0.39, 0.29) is 5.91 Å². The number of aryl methyl sites for hydroxylation is 1. The molecule has 21 heavy (non-hydrogen) atoms. The van der Waals surface area contributed by atoms with Crippen LogP contribution in [0.1, 0.15) is 39.9 Å². The predicted molar refractivity (Wildman–Crippen MR) is 88.0 cm³/mol. The summed E-state index contributed by atoms with van der Waals surface area (Å²) < 4.78 is 0. The molecule has 1 fully saturated rings. The Morgan fingerprint density at radius 1 is 1.14 bits per heavy atom. The fourth-order valence-corrected chi connectivity index (χ4v) is 3.03. The fraction of sp³-hybridized carbons (Fsp3) is 0.353. The normalized spacial score (nSPS) is 14.0. The first kappa shape index (κ1) is 14.1. The van der Waals surface area contributed by atoms with Gasteiger partial charge in [0.1, 0.15) is 0 Å². The van der Waals surface area contributed by atoms with Crippen molar-refractivity contribution in [1.82, 2.24) is 5.32 Å². The number of thiophene rings is 1. The summed E-state index contributed by atoms with van der Waals surface area (Å²) in [6.45, 7) is 3.01. The third kappa shape index (κ3) is 3.85. The molecule has 0 aliphatic heterocycles. The van der Waals surface area contributed by atoms with Gasteiger partial charge in [0.2, 0.25) is 0 Å². The van der Waals surface area contributed by atoms with E-state index in [0.717, 1.165) is 37.1 Å². The maximum absolute atomic E-state index is 11.9. The monoisotopic (exact) mass is 300 g/mol. The van der Waals surface area contributed by atoms with Crippen molar-refractivity contribution >= 4 is 22.9 Å². The van der Waals surface area contributed by atoms with Gasteiger partial charge in [-0.2, -0.15) is 0 Å². The topological polar surface area (TPSA) is 41.1 Å². The third-order valence-electron chi connectivity index (χ3n) is 3.59. The first-order valence-corrected chi connectivity index (χ1v) is 8.28. The average molecular weight is 300 g/mol. The number of carbonyl (C=O) groups is 1. The lowest BCUT2D eigenvalue weighted by Crippen LogP contribution is -2.25. The Bertz CT molecular complexity index is 614. The molecule has 1 saturated carbocycles. The van der Waals surface area contributed by atoms with Crippen molar-refractivity contribution < 1.29 is 4.79 Å². The molecule has 1 aromatic heterocycles. The molecule has 1 amide bonds. The van der Waals surface area contributed by atoms with Gasteiger partial charge in [-0.3, -0.25) is 4.79 Å². The van der Waals surface area contributed by atoms with Gasteiger partial charge in [0.05, 0.1) is 0 Å². The highest BCUT2D eigenvalue weighted by atomic mass is 32.1. The molecule has 3 rings (SSSR count). The third-order valence-corrected chi connectivity index (χ3v) is 4.82. The molecule has 0 saturated heterocycles. The molecular formula is C17H20N2OS. The Morgan fingerprint density at radius 2 is 1.86 bits per heavy atom. The lowest BCUT2D eigenvalue weighted by molar-refractivity contribution is 0.0951. The number of hydrogen-bond donors (Lipinski definition) is 2. The van der Waals surface area contributed by atoms with Crippen LogP contribution in [-0.4, -0.2) is 11.9 Å². The molecule has 0 unspecified atom stereocenters. The molecule has 0 bridgehead atoms. The molecule has 1 aliphatic carbocycles. The number of amides is 1. The smallest absolute Gasteiger partial charge is 0.251 e. The molecule has 1 aliphatic rings. The predicted octanol–water partition coefficient (Wildman–Crippen LogP) is 3.81. The van der Waals surface area contributed by atoms with E-state index in [1.54, 1.807) is 0 Å². The average Bonchev–Trinajstić information content (AvgIpc) is 3.20. The van der Waals surface area contributed by atoms with Crippen LogP contribution in [0.15, 0.2) is 36.4 Å². The van der Waals surface area contributed by atoms with Crippen LogP contribution in [0.5, 0.6) is 0 Å². The van der Waals surface area contributed by atoms with Crippen LogP contribution < -0.4 is 10.6 Å². The Morgan fingerprint density at radius 3 is 2.48 bits per heavy atom. The van der Waals surface area contributed by atoms with E-state index in [0.29, 0.717) is 6.04 Å². The van der Waals surface area contributed by atoms with Gasteiger partial charge in [0, 0.05) is 33.6 Å². The summed E-state index contributed by atoms with van der Waals surface area (Å²) in [6, 6.07) is 12.5. The van der Waals surface area contributed by atoms with Gasteiger partial charge in [-0.15, -0.1) is 11.3 Å².